The first-order valence-electron chi connectivity index (χ1n) is 3.93. The Morgan fingerprint density at radius 2 is 2.58 bits per heavy atom. The highest BCUT2D eigenvalue weighted by Crippen LogP contribution is 2.06. The van der Waals surface area contributed by atoms with Crippen LogP contribution in [0, 0.1) is 0 Å². The highest BCUT2D eigenvalue weighted by atomic mass is 16.8. The molecule has 0 aromatic heterocycles. The van der Waals surface area contributed by atoms with Crippen LogP contribution in [0.1, 0.15) is 13.3 Å². The van der Waals surface area contributed by atoms with Crippen molar-refractivity contribution >= 4 is 6.16 Å². The van der Waals surface area contributed by atoms with Crippen molar-refractivity contribution in [2.45, 2.75) is 19.4 Å². The Bertz CT molecular complexity index is 176. The summed E-state index contributed by atoms with van der Waals surface area (Å²) in [6.45, 7) is 2.67. The number of hydrogen-bond acceptors (Lipinski definition) is 4. The third-order valence-corrected chi connectivity index (χ3v) is 1.36. The summed E-state index contributed by atoms with van der Waals surface area (Å²) >= 11 is 0. The van der Waals surface area contributed by atoms with Crippen LogP contribution in [0.5, 0.6) is 0 Å². The minimum absolute atomic E-state index is 0.251. The Kier molecular flexibility index (Phi) is 3.44. The topological polar surface area (TPSA) is 44.8 Å². The quantitative estimate of drug-likeness (QED) is 0.475. The van der Waals surface area contributed by atoms with Gasteiger partial charge in [-0.2, -0.15) is 0 Å². The summed E-state index contributed by atoms with van der Waals surface area (Å²) in [6, 6.07) is 0. The molecule has 0 N–H and O–H groups in total. The van der Waals surface area contributed by atoms with E-state index in [-0.39, 0.29) is 6.10 Å². The van der Waals surface area contributed by atoms with Crippen molar-refractivity contribution in [1.29, 1.82) is 0 Å². The molecule has 1 unspecified atom stereocenters. The molecule has 0 aliphatic carbocycles. The van der Waals surface area contributed by atoms with E-state index in [1.807, 2.05) is 13.0 Å². The van der Waals surface area contributed by atoms with Gasteiger partial charge in [0.1, 0.15) is 13.2 Å². The number of ether oxygens (including phenoxy) is 3. The van der Waals surface area contributed by atoms with E-state index in [2.05, 4.69) is 4.74 Å². The Balaban J connectivity index is 2.08. The SMILES string of the molecule is CCC=COCC1COC(=O)O1. The molecule has 4 heteroatoms. The average molecular weight is 172 g/mol. The van der Waals surface area contributed by atoms with Gasteiger partial charge in [0.2, 0.25) is 0 Å². The Morgan fingerprint density at radius 3 is 3.17 bits per heavy atom. The second kappa shape index (κ2) is 4.64. The summed E-state index contributed by atoms with van der Waals surface area (Å²) in [5.74, 6) is 0. The van der Waals surface area contributed by atoms with Gasteiger partial charge in [-0.05, 0) is 6.42 Å². The zero-order valence-electron chi connectivity index (χ0n) is 6.99. The second-order valence-corrected chi connectivity index (χ2v) is 2.41. The molecule has 0 spiro atoms. The molecule has 1 heterocycles. The lowest BCUT2D eigenvalue weighted by Gasteiger charge is -2.04. The van der Waals surface area contributed by atoms with E-state index >= 15 is 0 Å². The molecule has 4 nitrogen and oxygen atoms in total. The molecular formula is C8H12O4. The fourth-order valence-electron chi connectivity index (χ4n) is 0.774. The molecule has 1 aliphatic rings. The van der Waals surface area contributed by atoms with Crippen molar-refractivity contribution in [2.75, 3.05) is 13.2 Å². The maximum absolute atomic E-state index is 10.4. The second-order valence-electron chi connectivity index (χ2n) is 2.41. The third-order valence-electron chi connectivity index (χ3n) is 1.36. The van der Waals surface area contributed by atoms with Gasteiger partial charge in [0.25, 0.3) is 0 Å². The minimum Gasteiger partial charge on any atom is -0.498 e. The largest absolute Gasteiger partial charge is 0.508 e. The first-order valence-corrected chi connectivity index (χ1v) is 3.93. The number of hydrogen-bond donors (Lipinski definition) is 0. The Labute approximate surface area is 71.1 Å². The van der Waals surface area contributed by atoms with E-state index in [9.17, 15) is 4.79 Å². The number of allylic oxidation sites excluding steroid dienone is 1. The van der Waals surface area contributed by atoms with Crippen molar-refractivity contribution in [2.24, 2.45) is 0 Å². The van der Waals surface area contributed by atoms with Gasteiger partial charge in [0, 0.05) is 0 Å². The minimum atomic E-state index is -0.608. The molecule has 1 saturated heterocycles. The number of carbonyl (C=O) groups is 1. The van der Waals surface area contributed by atoms with Crippen molar-refractivity contribution in [3.8, 4) is 0 Å². The van der Waals surface area contributed by atoms with Crippen LogP contribution in [0.2, 0.25) is 0 Å². The summed E-state index contributed by atoms with van der Waals surface area (Å²) in [5, 5.41) is 0. The molecule has 1 atom stereocenters. The smallest absolute Gasteiger partial charge is 0.498 e. The summed E-state index contributed by atoms with van der Waals surface area (Å²) in [7, 11) is 0. The van der Waals surface area contributed by atoms with Gasteiger partial charge in [-0.25, -0.2) is 4.79 Å². The van der Waals surface area contributed by atoms with Crippen LogP contribution in [0.3, 0.4) is 0 Å². The van der Waals surface area contributed by atoms with Crippen molar-refractivity contribution < 1.29 is 19.0 Å². The summed E-state index contributed by atoms with van der Waals surface area (Å²) in [5.41, 5.74) is 0. The summed E-state index contributed by atoms with van der Waals surface area (Å²) in [6.07, 6.45) is 3.56. The number of carbonyl (C=O) groups excluding carboxylic acids is 1. The first-order chi connectivity index (χ1) is 5.83. The molecule has 1 fully saturated rings. The average Bonchev–Trinajstić information content (AvgIpc) is 2.45. The highest BCUT2D eigenvalue weighted by Gasteiger charge is 2.24. The Morgan fingerprint density at radius 1 is 1.75 bits per heavy atom. The van der Waals surface area contributed by atoms with E-state index in [1.54, 1.807) is 6.26 Å². The predicted octanol–water partition coefficient (Wildman–Crippen LogP) is 1.46. The fourth-order valence-corrected chi connectivity index (χ4v) is 0.774. The third kappa shape index (κ3) is 2.82. The van der Waals surface area contributed by atoms with E-state index < -0.39 is 6.16 Å². The van der Waals surface area contributed by atoms with Crippen LogP contribution in [0.15, 0.2) is 12.3 Å². The summed E-state index contributed by atoms with van der Waals surface area (Å²) < 4.78 is 14.3. The highest BCUT2D eigenvalue weighted by molar-refractivity contribution is 5.61. The molecular weight excluding hydrogens is 160 g/mol. The lowest BCUT2D eigenvalue weighted by Crippen LogP contribution is -2.16. The monoisotopic (exact) mass is 172 g/mol. The molecule has 0 aromatic carbocycles. The van der Waals surface area contributed by atoms with Crippen LogP contribution >= 0.6 is 0 Å². The van der Waals surface area contributed by atoms with Crippen LogP contribution in [-0.4, -0.2) is 25.5 Å². The first kappa shape index (κ1) is 8.90. The van der Waals surface area contributed by atoms with Gasteiger partial charge in [-0.3, -0.25) is 0 Å². The van der Waals surface area contributed by atoms with Crippen molar-refractivity contribution in [3.05, 3.63) is 12.3 Å². The molecule has 1 aliphatic heterocycles. The molecule has 68 valence electrons. The van der Waals surface area contributed by atoms with Crippen molar-refractivity contribution in [1.82, 2.24) is 0 Å². The normalized spacial score (nSPS) is 22.4. The van der Waals surface area contributed by atoms with E-state index in [1.165, 1.54) is 0 Å². The molecule has 0 saturated carbocycles. The van der Waals surface area contributed by atoms with Crippen LogP contribution in [0.4, 0.5) is 4.79 Å². The van der Waals surface area contributed by atoms with Gasteiger partial charge < -0.3 is 14.2 Å². The maximum atomic E-state index is 10.4. The van der Waals surface area contributed by atoms with Gasteiger partial charge in [0.05, 0.1) is 6.26 Å². The molecule has 0 bridgehead atoms. The van der Waals surface area contributed by atoms with Crippen LogP contribution in [-0.2, 0) is 14.2 Å². The van der Waals surface area contributed by atoms with Gasteiger partial charge in [-0.1, -0.05) is 13.0 Å². The van der Waals surface area contributed by atoms with Gasteiger partial charge in [-0.15, -0.1) is 0 Å². The predicted molar refractivity (Wildman–Crippen MR) is 41.6 cm³/mol. The van der Waals surface area contributed by atoms with Gasteiger partial charge in [0.15, 0.2) is 6.10 Å². The van der Waals surface area contributed by atoms with E-state index in [0.717, 1.165) is 6.42 Å². The van der Waals surface area contributed by atoms with Gasteiger partial charge >= 0.3 is 6.16 Å². The zero-order chi connectivity index (χ0) is 8.81. The number of rotatable bonds is 4. The maximum Gasteiger partial charge on any atom is 0.508 e. The number of cyclic esters (lactones) is 2. The molecule has 1 rings (SSSR count). The lowest BCUT2D eigenvalue weighted by molar-refractivity contribution is 0.0851. The molecule has 0 radical (unpaired) electrons. The van der Waals surface area contributed by atoms with E-state index in [0.29, 0.717) is 13.2 Å². The Hall–Kier alpha value is -1.19. The lowest BCUT2D eigenvalue weighted by atomic mass is 10.4. The zero-order valence-corrected chi connectivity index (χ0v) is 6.99. The summed E-state index contributed by atoms with van der Waals surface area (Å²) in [4.78, 5) is 10.4. The van der Waals surface area contributed by atoms with Crippen LogP contribution < -0.4 is 0 Å². The van der Waals surface area contributed by atoms with Crippen molar-refractivity contribution in [3.63, 3.8) is 0 Å². The molecule has 0 aromatic rings. The van der Waals surface area contributed by atoms with E-state index in [4.69, 9.17) is 9.47 Å². The fraction of sp³-hybridized carbons (Fsp3) is 0.625. The molecule has 0 amide bonds. The molecule has 12 heavy (non-hydrogen) atoms. The van der Waals surface area contributed by atoms with Crippen LogP contribution in [0.25, 0.3) is 0 Å². The standard InChI is InChI=1S/C8H12O4/c1-2-3-4-10-5-7-6-11-8(9)12-7/h3-4,7H,2,5-6H2,1H3.